The van der Waals surface area contributed by atoms with E-state index in [1.165, 1.54) is 22.9 Å². The molecule has 140 valence electrons. The Morgan fingerprint density at radius 1 is 1.04 bits per heavy atom. The molecule has 2 heterocycles. The maximum Gasteiger partial charge on any atom is 0.285 e. The van der Waals surface area contributed by atoms with E-state index in [9.17, 15) is 14.9 Å². The molecule has 28 heavy (non-hydrogen) atoms. The minimum atomic E-state index is -0.525. The highest BCUT2D eigenvalue weighted by Crippen LogP contribution is 2.22. The van der Waals surface area contributed by atoms with Crippen LogP contribution in [0.4, 0.5) is 5.69 Å². The quantitative estimate of drug-likeness (QED) is 0.380. The first-order chi connectivity index (χ1) is 13.5. The fourth-order valence-corrected chi connectivity index (χ4v) is 3.28. The van der Waals surface area contributed by atoms with Gasteiger partial charge in [-0.15, -0.1) is 0 Å². The van der Waals surface area contributed by atoms with E-state index >= 15 is 0 Å². The summed E-state index contributed by atoms with van der Waals surface area (Å²) >= 11 is 6.10. The first-order valence-corrected chi connectivity index (χ1v) is 8.92. The Bertz CT molecular complexity index is 1230. The zero-order chi connectivity index (χ0) is 19.7. The van der Waals surface area contributed by atoms with Crippen LogP contribution in [0.3, 0.4) is 0 Å². The van der Waals surface area contributed by atoms with Gasteiger partial charge in [0, 0.05) is 23.7 Å². The van der Waals surface area contributed by atoms with E-state index in [1.54, 1.807) is 12.1 Å². The van der Waals surface area contributed by atoms with Crippen molar-refractivity contribution in [2.75, 3.05) is 0 Å². The second-order valence-electron chi connectivity index (χ2n) is 6.34. The highest BCUT2D eigenvalue weighted by Gasteiger charge is 2.15. The SMILES string of the molecule is O=c1ccc([N+](=O)[O-])cn1Cc1nc2cc(Cl)ccc2n1Cc1ccccc1. The number of hydrogen-bond acceptors (Lipinski definition) is 4. The highest BCUT2D eigenvalue weighted by molar-refractivity contribution is 6.31. The van der Waals surface area contributed by atoms with Crippen molar-refractivity contribution in [3.63, 3.8) is 0 Å². The van der Waals surface area contributed by atoms with Crippen molar-refractivity contribution in [1.82, 2.24) is 14.1 Å². The van der Waals surface area contributed by atoms with Gasteiger partial charge in [-0.2, -0.15) is 0 Å². The van der Waals surface area contributed by atoms with Crippen LogP contribution >= 0.6 is 11.6 Å². The fraction of sp³-hybridized carbons (Fsp3) is 0.100. The summed E-state index contributed by atoms with van der Waals surface area (Å²) in [6, 6.07) is 17.7. The Balaban J connectivity index is 1.82. The average Bonchev–Trinajstić information content (AvgIpc) is 3.00. The van der Waals surface area contributed by atoms with Gasteiger partial charge in [0.15, 0.2) is 0 Å². The molecule has 0 saturated heterocycles. The maximum absolute atomic E-state index is 12.2. The predicted molar refractivity (Wildman–Crippen MR) is 107 cm³/mol. The van der Waals surface area contributed by atoms with E-state index in [0.29, 0.717) is 22.9 Å². The van der Waals surface area contributed by atoms with Crippen molar-refractivity contribution >= 4 is 28.3 Å². The summed E-state index contributed by atoms with van der Waals surface area (Å²) in [5, 5.41) is 11.6. The molecule has 0 saturated carbocycles. The third-order valence-corrected chi connectivity index (χ3v) is 4.70. The molecule has 0 aliphatic carbocycles. The number of rotatable bonds is 5. The van der Waals surface area contributed by atoms with E-state index in [0.717, 1.165) is 11.1 Å². The molecule has 0 aliphatic rings. The van der Waals surface area contributed by atoms with Crippen LogP contribution < -0.4 is 5.56 Å². The molecule has 4 rings (SSSR count). The van der Waals surface area contributed by atoms with Crippen LogP contribution in [0.5, 0.6) is 0 Å². The smallest absolute Gasteiger partial charge is 0.285 e. The van der Waals surface area contributed by atoms with Gasteiger partial charge in [-0.1, -0.05) is 41.9 Å². The summed E-state index contributed by atoms with van der Waals surface area (Å²) in [7, 11) is 0. The molecule has 0 radical (unpaired) electrons. The topological polar surface area (TPSA) is 83.0 Å². The van der Waals surface area contributed by atoms with Gasteiger partial charge in [0.2, 0.25) is 0 Å². The van der Waals surface area contributed by atoms with Gasteiger partial charge in [0.25, 0.3) is 11.2 Å². The zero-order valence-electron chi connectivity index (χ0n) is 14.7. The normalized spacial score (nSPS) is 11.0. The molecular formula is C20H15ClN4O3. The lowest BCUT2D eigenvalue weighted by molar-refractivity contribution is -0.385. The fourth-order valence-electron chi connectivity index (χ4n) is 3.12. The lowest BCUT2D eigenvalue weighted by Crippen LogP contribution is -2.21. The van der Waals surface area contributed by atoms with Crippen molar-refractivity contribution in [3.8, 4) is 0 Å². The van der Waals surface area contributed by atoms with Crippen molar-refractivity contribution in [2.24, 2.45) is 0 Å². The molecule has 0 unspecified atom stereocenters. The summed E-state index contributed by atoms with van der Waals surface area (Å²) in [6.45, 7) is 0.664. The van der Waals surface area contributed by atoms with Crippen LogP contribution in [0, 0.1) is 10.1 Å². The van der Waals surface area contributed by atoms with Gasteiger partial charge in [-0.05, 0) is 23.8 Å². The molecule has 0 N–H and O–H groups in total. The number of hydrogen-bond donors (Lipinski definition) is 0. The van der Waals surface area contributed by atoms with Crippen LogP contribution in [0.15, 0.2) is 71.7 Å². The van der Waals surface area contributed by atoms with Gasteiger partial charge < -0.3 is 9.13 Å². The number of fused-ring (bicyclic) bond motifs is 1. The second kappa shape index (κ2) is 7.28. The molecule has 0 fully saturated rings. The first-order valence-electron chi connectivity index (χ1n) is 8.55. The predicted octanol–water partition coefficient (Wildman–Crippen LogP) is 3.86. The molecule has 0 aliphatic heterocycles. The van der Waals surface area contributed by atoms with Gasteiger partial charge in [-0.25, -0.2) is 4.98 Å². The van der Waals surface area contributed by atoms with Crippen LogP contribution in [-0.2, 0) is 13.1 Å². The van der Waals surface area contributed by atoms with Crippen molar-refractivity contribution in [2.45, 2.75) is 13.1 Å². The number of pyridine rings is 1. The number of nitrogens with zero attached hydrogens (tertiary/aromatic N) is 4. The van der Waals surface area contributed by atoms with Crippen LogP contribution in [0.25, 0.3) is 11.0 Å². The third-order valence-electron chi connectivity index (χ3n) is 4.46. The number of imidazole rings is 1. The monoisotopic (exact) mass is 394 g/mol. The summed E-state index contributed by atoms with van der Waals surface area (Å²) in [4.78, 5) is 27.4. The highest BCUT2D eigenvalue weighted by atomic mass is 35.5. The van der Waals surface area contributed by atoms with E-state index in [1.807, 2.05) is 41.0 Å². The molecule has 2 aromatic carbocycles. The Kier molecular flexibility index (Phi) is 4.67. The summed E-state index contributed by atoms with van der Waals surface area (Å²) in [5.41, 5.74) is 2.18. The standard InChI is InChI=1S/C20H15ClN4O3/c21-15-6-8-18-17(10-15)22-19(24(18)11-14-4-2-1-3-5-14)13-23-12-16(25(27)28)7-9-20(23)26/h1-10,12H,11,13H2. The molecule has 8 heteroatoms. The Morgan fingerprint density at radius 3 is 2.57 bits per heavy atom. The number of nitro groups is 1. The molecule has 0 bridgehead atoms. The molecule has 0 spiro atoms. The van der Waals surface area contributed by atoms with E-state index < -0.39 is 4.92 Å². The van der Waals surface area contributed by atoms with Crippen LogP contribution in [0.1, 0.15) is 11.4 Å². The summed E-state index contributed by atoms with van der Waals surface area (Å²) in [5.74, 6) is 0.615. The maximum atomic E-state index is 12.2. The molecule has 2 aromatic heterocycles. The average molecular weight is 395 g/mol. The first kappa shape index (κ1) is 17.9. The van der Waals surface area contributed by atoms with E-state index in [4.69, 9.17) is 11.6 Å². The molecular weight excluding hydrogens is 380 g/mol. The van der Waals surface area contributed by atoms with Crippen LogP contribution in [-0.4, -0.2) is 19.0 Å². The van der Waals surface area contributed by atoms with Crippen LogP contribution in [0.2, 0.25) is 5.02 Å². The molecule has 0 atom stereocenters. The number of halogens is 1. The van der Waals surface area contributed by atoms with Crippen molar-refractivity contribution in [3.05, 3.63) is 104 Å². The minimum absolute atomic E-state index is 0.111. The Morgan fingerprint density at radius 2 is 1.82 bits per heavy atom. The minimum Gasteiger partial charge on any atom is -0.322 e. The molecule has 7 nitrogen and oxygen atoms in total. The van der Waals surface area contributed by atoms with E-state index in [-0.39, 0.29) is 17.8 Å². The van der Waals surface area contributed by atoms with Gasteiger partial charge >= 0.3 is 0 Å². The van der Waals surface area contributed by atoms with Gasteiger partial charge in [0.05, 0.1) is 28.7 Å². The van der Waals surface area contributed by atoms with Gasteiger partial charge in [-0.3, -0.25) is 14.9 Å². The number of benzene rings is 2. The third kappa shape index (κ3) is 3.52. The lowest BCUT2D eigenvalue weighted by atomic mass is 10.2. The Labute approximate surface area is 164 Å². The molecule has 0 amide bonds. The van der Waals surface area contributed by atoms with Crippen molar-refractivity contribution < 1.29 is 4.92 Å². The van der Waals surface area contributed by atoms with Gasteiger partial charge in [0.1, 0.15) is 5.82 Å². The largest absolute Gasteiger partial charge is 0.322 e. The Hall–Kier alpha value is -3.45. The molecule has 4 aromatic rings. The second-order valence-corrected chi connectivity index (χ2v) is 6.78. The zero-order valence-corrected chi connectivity index (χ0v) is 15.4. The summed E-state index contributed by atoms with van der Waals surface area (Å²) in [6.07, 6.45) is 1.24. The lowest BCUT2D eigenvalue weighted by Gasteiger charge is -2.11. The summed E-state index contributed by atoms with van der Waals surface area (Å²) < 4.78 is 3.29. The van der Waals surface area contributed by atoms with E-state index in [2.05, 4.69) is 4.98 Å². The number of aromatic nitrogens is 3. The van der Waals surface area contributed by atoms with Crippen molar-refractivity contribution in [1.29, 1.82) is 0 Å².